The number of anilines is 1. The molecule has 2 aromatic carbocycles. The van der Waals surface area contributed by atoms with Crippen LogP contribution in [-0.2, 0) is 10.5 Å². The Morgan fingerprint density at radius 3 is 2.79 bits per heavy atom. The van der Waals surface area contributed by atoms with Crippen LogP contribution in [-0.4, -0.2) is 11.7 Å². The number of benzene rings is 2. The van der Waals surface area contributed by atoms with Gasteiger partial charge in [0.15, 0.2) is 0 Å². The van der Waals surface area contributed by atoms with E-state index >= 15 is 0 Å². The SMILES string of the molecule is CC[C@H](C)c1ccccc1NC(=O)CSCc1cccc(C#N)c1. The molecule has 2 rings (SSSR count). The van der Waals surface area contributed by atoms with Gasteiger partial charge < -0.3 is 5.32 Å². The van der Waals surface area contributed by atoms with E-state index in [1.54, 1.807) is 17.8 Å². The van der Waals surface area contributed by atoms with Crippen LogP contribution in [0.4, 0.5) is 5.69 Å². The highest BCUT2D eigenvalue weighted by atomic mass is 32.2. The molecule has 0 unspecified atom stereocenters. The summed E-state index contributed by atoms with van der Waals surface area (Å²) in [5, 5.41) is 11.9. The fourth-order valence-corrected chi connectivity index (χ4v) is 3.21. The largest absolute Gasteiger partial charge is 0.325 e. The first-order valence-corrected chi connectivity index (χ1v) is 9.25. The Kier molecular flexibility index (Phi) is 6.89. The number of para-hydroxylation sites is 1. The first-order valence-electron chi connectivity index (χ1n) is 8.09. The lowest BCUT2D eigenvalue weighted by Crippen LogP contribution is -2.16. The molecule has 0 aromatic heterocycles. The van der Waals surface area contributed by atoms with E-state index in [0.29, 0.717) is 17.2 Å². The summed E-state index contributed by atoms with van der Waals surface area (Å²) in [4.78, 5) is 12.2. The molecular weight excluding hydrogens is 316 g/mol. The van der Waals surface area contributed by atoms with Crippen molar-refractivity contribution in [3.8, 4) is 6.07 Å². The van der Waals surface area contributed by atoms with Crippen molar-refractivity contribution in [2.24, 2.45) is 0 Å². The molecule has 4 heteroatoms. The molecule has 1 N–H and O–H groups in total. The summed E-state index contributed by atoms with van der Waals surface area (Å²) in [6.07, 6.45) is 1.04. The molecule has 0 bridgehead atoms. The van der Waals surface area contributed by atoms with Crippen LogP contribution < -0.4 is 5.32 Å². The minimum absolute atomic E-state index is 0.00666. The number of carbonyl (C=O) groups is 1. The Labute approximate surface area is 148 Å². The number of rotatable bonds is 7. The lowest BCUT2D eigenvalue weighted by molar-refractivity contribution is -0.113. The maximum absolute atomic E-state index is 12.2. The molecule has 0 aliphatic carbocycles. The van der Waals surface area contributed by atoms with Gasteiger partial charge in [-0.3, -0.25) is 4.79 Å². The van der Waals surface area contributed by atoms with Crippen LogP contribution in [0.2, 0.25) is 0 Å². The van der Waals surface area contributed by atoms with Crippen molar-refractivity contribution >= 4 is 23.4 Å². The Balaban J connectivity index is 1.89. The Bertz CT molecular complexity index is 736. The number of hydrogen-bond donors (Lipinski definition) is 1. The molecule has 0 radical (unpaired) electrons. The first-order chi connectivity index (χ1) is 11.6. The zero-order valence-electron chi connectivity index (χ0n) is 14.1. The molecule has 124 valence electrons. The fourth-order valence-electron chi connectivity index (χ4n) is 2.44. The standard InChI is InChI=1S/C20H22N2OS/c1-3-15(2)18-9-4-5-10-19(18)22-20(23)14-24-13-17-8-6-7-16(11-17)12-21/h4-11,15H,3,13-14H2,1-2H3,(H,22,23)/t15-/m0/s1. The van der Waals surface area contributed by atoms with Gasteiger partial charge in [0.05, 0.1) is 17.4 Å². The number of nitrogens with zero attached hydrogens (tertiary/aromatic N) is 1. The molecule has 0 fully saturated rings. The molecule has 0 heterocycles. The quantitative estimate of drug-likeness (QED) is 0.777. The van der Waals surface area contributed by atoms with Gasteiger partial charge in [-0.2, -0.15) is 5.26 Å². The lowest BCUT2D eigenvalue weighted by Gasteiger charge is -2.15. The average molecular weight is 338 g/mol. The molecule has 0 saturated heterocycles. The molecule has 2 aromatic rings. The number of carbonyl (C=O) groups excluding carboxylic acids is 1. The third-order valence-electron chi connectivity index (χ3n) is 3.94. The topological polar surface area (TPSA) is 52.9 Å². The van der Waals surface area contributed by atoms with E-state index in [2.05, 4.69) is 31.3 Å². The van der Waals surface area contributed by atoms with E-state index in [1.165, 1.54) is 5.56 Å². The minimum Gasteiger partial charge on any atom is -0.325 e. The molecule has 24 heavy (non-hydrogen) atoms. The van der Waals surface area contributed by atoms with Gasteiger partial charge in [0.1, 0.15) is 0 Å². The molecule has 0 aliphatic rings. The van der Waals surface area contributed by atoms with Crippen LogP contribution in [0.5, 0.6) is 0 Å². The summed E-state index contributed by atoms with van der Waals surface area (Å²) in [5.74, 6) is 1.54. The van der Waals surface area contributed by atoms with Crippen LogP contribution >= 0.6 is 11.8 Å². The zero-order chi connectivity index (χ0) is 17.4. The summed E-state index contributed by atoms with van der Waals surface area (Å²) < 4.78 is 0. The Morgan fingerprint density at radius 2 is 2.04 bits per heavy atom. The summed E-state index contributed by atoms with van der Waals surface area (Å²) in [5.41, 5.74) is 3.80. The predicted octanol–water partition coefficient (Wildman–Crippen LogP) is 4.94. The van der Waals surface area contributed by atoms with Gasteiger partial charge >= 0.3 is 0 Å². The van der Waals surface area contributed by atoms with E-state index in [9.17, 15) is 4.79 Å². The van der Waals surface area contributed by atoms with Crippen molar-refractivity contribution in [2.75, 3.05) is 11.1 Å². The summed E-state index contributed by atoms with van der Waals surface area (Å²) in [6, 6.07) is 17.6. The van der Waals surface area contributed by atoms with Gasteiger partial charge in [0.25, 0.3) is 0 Å². The van der Waals surface area contributed by atoms with Gasteiger partial charge in [-0.25, -0.2) is 0 Å². The third-order valence-corrected chi connectivity index (χ3v) is 4.94. The van der Waals surface area contributed by atoms with Crippen LogP contribution in [0.3, 0.4) is 0 Å². The van der Waals surface area contributed by atoms with Crippen molar-refractivity contribution in [1.29, 1.82) is 5.26 Å². The minimum atomic E-state index is 0.00666. The second-order valence-electron chi connectivity index (χ2n) is 5.75. The maximum Gasteiger partial charge on any atom is 0.234 e. The molecule has 1 atom stereocenters. The number of nitriles is 1. The van der Waals surface area contributed by atoms with E-state index in [1.807, 2.05) is 36.4 Å². The predicted molar refractivity (Wildman–Crippen MR) is 101 cm³/mol. The number of thioether (sulfide) groups is 1. The maximum atomic E-state index is 12.2. The van der Waals surface area contributed by atoms with Crippen molar-refractivity contribution < 1.29 is 4.79 Å². The first kappa shape index (κ1) is 18.1. The van der Waals surface area contributed by atoms with Crippen LogP contribution in [0.15, 0.2) is 48.5 Å². The van der Waals surface area contributed by atoms with E-state index in [-0.39, 0.29) is 5.91 Å². The van der Waals surface area contributed by atoms with Crippen molar-refractivity contribution in [2.45, 2.75) is 31.9 Å². The van der Waals surface area contributed by atoms with Crippen molar-refractivity contribution in [1.82, 2.24) is 0 Å². The average Bonchev–Trinajstić information content (AvgIpc) is 2.61. The van der Waals surface area contributed by atoms with E-state index < -0.39 is 0 Å². The van der Waals surface area contributed by atoms with E-state index in [4.69, 9.17) is 5.26 Å². The molecule has 0 aliphatic heterocycles. The highest BCUT2D eigenvalue weighted by Crippen LogP contribution is 2.26. The smallest absolute Gasteiger partial charge is 0.234 e. The lowest BCUT2D eigenvalue weighted by atomic mass is 9.97. The Hall–Kier alpha value is -2.25. The van der Waals surface area contributed by atoms with Gasteiger partial charge in [0.2, 0.25) is 5.91 Å². The van der Waals surface area contributed by atoms with E-state index in [0.717, 1.165) is 23.4 Å². The molecule has 0 spiro atoms. The zero-order valence-corrected chi connectivity index (χ0v) is 14.9. The van der Waals surface area contributed by atoms with Gasteiger partial charge in [-0.05, 0) is 41.7 Å². The van der Waals surface area contributed by atoms with Crippen LogP contribution in [0, 0.1) is 11.3 Å². The number of nitrogens with one attached hydrogen (secondary N) is 1. The van der Waals surface area contributed by atoms with Gasteiger partial charge in [-0.15, -0.1) is 11.8 Å². The highest BCUT2D eigenvalue weighted by molar-refractivity contribution is 7.99. The molecule has 1 amide bonds. The van der Waals surface area contributed by atoms with Gasteiger partial charge in [0, 0.05) is 11.4 Å². The van der Waals surface area contributed by atoms with Crippen molar-refractivity contribution in [3.63, 3.8) is 0 Å². The van der Waals surface area contributed by atoms with Crippen molar-refractivity contribution in [3.05, 3.63) is 65.2 Å². The second-order valence-corrected chi connectivity index (χ2v) is 6.74. The molecular formula is C20H22N2OS. The number of amides is 1. The molecule has 0 saturated carbocycles. The highest BCUT2D eigenvalue weighted by Gasteiger charge is 2.11. The van der Waals surface area contributed by atoms with Crippen LogP contribution in [0.1, 0.15) is 42.9 Å². The molecule has 3 nitrogen and oxygen atoms in total. The fraction of sp³-hybridized carbons (Fsp3) is 0.300. The van der Waals surface area contributed by atoms with Gasteiger partial charge in [-0.1, -0.05) is 44.2 Å². The third kappa shape index (κ3) is 5.14. The normalized spacial score (nSPS) is 11.5. The monoisotopic (exact) mass is 338 g/mol. The summed E-state index contributed by atoms with van der Waals surface area (Å²) in [6.45, 7) is 4.32. The second kappa shape index (κ2) is 9.14. The Morgan fingerprint density at radius 1 is 1.25 bits per heavy atom. The van der Waals surface area contributed by atoms with Crippen LogP contribution in [0.25, 0.3) is 0 Å². The summed E-state index contributed by atoms with van der Waals surface area (Å²) >= 11 is 1.55. The summed E-state index contributed by atoms with van der Waals surface area (Å²) in [7, 11) is 0. The number of hydrogen-bond acceptors (Lipinski definition) is 3.